The van der Waals surface area contributed by atoms with Gasteiger partial charge in [-0.05, 0) is 6.54 Å². The maximum Gasteiger partial charge on any atom is 0.404 e. The molecule has 0 saturated carbocycles. The summed E-state index contributed by atoms with van der Waals surface area (Å²) in [5, 5.41) is 5.61. The van der Waals surface area contributed by atoms with Crippen LogP contribution in [0.15, 0.2) is 0 Å². The quantitative estimate of drug-likeness (QED) is 0.472. The number of hydrogen-bond acceptors (Lipinski definition) is 4. The lowest BCUT2D eigenvalue weighted by molar-refractivity contribution is -0.121. The van der Waals surface area contributed by atoms with E-state index in [9.17, 15) is 9.59 Å². The topological polar surface area (TPSA) is 93.4 Å². The number of carbonyl (C=O) groups is 2. The van der Waals surface area contributed by atoms with Gasteiger partial charge in [0.25, 0.3) is 0 Å². The number of nitrogens with two attached hydrogens (primary N) is 1. The van der Waals surface area contributed by atoms with Crippen LogP contribution in [0.5, 0.6) is 0 Å². The fourth-order valence-electron chi connectivity index (χ4n) is 0.809. The molecule has 0 aromatic rings. The zero-order valence-corrected chi connectivity index (χ0v) is 8.34. The SMILES string of the molecule is CCNCCC(=O)NCCOC(N)=O. The molecule has 6 nitrogen and oxygen atoms in total. The number of rotatable bonds is 7. The smallest absolute Gasteiger partial charge is 0.404 e. The molecule has 0 saturated heterocycles. The highest BCUT2D eigenvalue weighted by Gasteiger charge is 1.99. The molecular weight excluding hydrogens is 186 g/mol. The van der Waals surface area contributed by atoms with Crippen molar-refractivity contribution in [1.82, 2.24) is 10.6 Å². The summed E-state index contributed by atoms with van der Waals surface area (Å²) < 4.78 is 4.43. The van der Waals surface area contributed by atoms with Gasteiger partial charge in [0.2, 0.25) is 5.91 Å². The van der Waals surface area contributed by atoms with E-state index in [4.69, 9.17) is 5.73 Å². The highest BCUT2D eigenvalue weighted by Crippen LogP contribution is 1.77. The van der Waals surface area contributed by atoms with Crippen molar-refractivity contribution in [3.8, 4) is 0 Å². The minimum absolute atomic E-state index is 0.0704. The maximum atomic E-state index is 11.0. The lowest BCUT2D eigenvalue weighted by atomic mass is 10.4. The van der Waals surface area contributed by atoms with Crippen molar-refractivity contribution >= 4 is 12.0 Å². The highest BCUT2D eigenvalue weighted by atomic mass is 16.5. The number of amides is 2. The summed E-state index contributed by atoms with van der Waals surface area (Å²) in [5.74, 6) is -0.0704. The fraction of sp³-hybridized carbons (Fsp3) is 0.750. The molecular formula is C8H17N3O3. The summed E-state index contributed by atoms with van der Waals surface area (Å²) in [6, 6.07) is 0. The van der Waals surface area contributed by atoms with Gasteiger partial charge in [-0.15, -0.1) is 0 Å². The van der Waals surface area contributed by atoms with E-state index in [1.54, 1.807) is 0 Å². The second-order valence-corrected chi connectivity index (χ2v) is 2.62. The zero-order chi connectivity index (χ0) is 10.8. The predicted octanol–water partition coefficient (Wildman–Crippen LogP) is -0.802. The summed E-state index contributed by atoms with van der Waals surface area (Å²) >= 11 is 0. The van der Waals surface area contributed by atoms with Crippen LogP contribution in [0.1, 0.15) is 13.3 Å². The molecule has 0 aliphatic carbocycles. The minimum atomic E-state index is -0.827. The van der Waals surface area contributed by atoms with Crippen LogP contribution in [0.4, 0.5) is 4.79 Å². The standard InChI is InChI=1S/C8H17N3O3/c1-2-10-4-3-7(12)11-5-6-14-8(9)13/h10H,2-6H2,1H3,(H2,9,13)(H,11,12). The number of hydrogen-bond donors (Lipinski definition) is 3. The third-order valence-corrected chi connectivity index (χ3v) is 1.45. The number of nitrogens with one attached hydrogen (secondary N) is 2. The summed E-state index contributed by atoms with van der Waals surface area (Å²) in [4.78, 5) is 21.2. The molecule has 0 rings (SSSR count). The molecule has 14 heavy (non-hydrogen) atoms. The van der Waals surface area contributed by atoms with Crippen molar-refractivity contribution in [3.05, 3.63) is 0 Å². The van der Waals surface area contributed by atoms with E-state index < -0.39 is 6.09 Å². The zero-order valence-electron chi connectivity index (χ0n) is 8.34. The fourth-order valence-corrected chi connectivity index (χ4v) is 0.809. The molecule has 82 valence electrons. The third kappa shape index (κ3) is 8.79. The molecule has 6 heteroatoms. The molecule has 0 heterocycles. The van der Waals surface area contributed by atoms with Gasteiger partial charge >= 0.3 is 6.09 Å². The van der Waals surface area contributed by atoms with Crippen molar-refractivity contribution in [2.24, 2.45) is 5.73 Å². The van der Waals surface area contributed by atoms with E-state index in [2.05, 4.69) is 15.4 Å². The maximum absolute atomic E-state index is 11.0. The van der Waals surface area contributed by atoms with Gasteiger partial charge in [0.1, 0.15) is 6.61 Å². The largest absolute Gasteiger partial charge is 0.448 e. The molecule has 2 amide bonds. The Kier molecular flexibility index (Phi) is 7.53. The van der Waals surface area contributed by atoms with Crippen LogP contribution in [0, 0.1) is 0 Å². The Morgan fingerprint density at radius 3 is 2.64 bits per heavy atom. The Bertz CT molecular complexity index is 185. The Morgan fingerprint density at radius 1 is 1.36 bits per heavy atom. The van der Waals surface area contributed by atoms with Crippen LogP contribution in [-0.2, 0) is 9.53 Å². The molecule has 0 aromatic heterocycles. The van der Waals surface area contributed by atoms with Gasteiger partial charge < -0.3 is 21.1 Å². The third-order valence-electron chi connectivity index (χ3n) is 1.45. The summed E-state index contributed by atoms with van der Waals surface area (Å²) in [7, 11) is 0. The molecule has 4 N–H and O–H groups in total. The van der Waals surface area contributed by atoms with E-state index in [-0.39, 0.29) is 12.5 Å². The summed E-state index contributed by atoms with van der Waals surface area (Å²) in [6.07, 6.45) is -0.406. The Morgan fingerprint density at radius 2 is 2.07 bits per heavy atom. The Labute approximate surface area is 83.2 Å². The van der Waals surface area contributed by atoms with E-state index in [1.807, 2.05) is 6.92 Å². The first-order valence-corrected chi connectivity index (χ1v) is 4.56. The molecule has 0 bridgehead atoms. The second-order valence-electron chi connectivity index (χ2n) is 2.62. The van der Waals surface area contributed by atoms with E-state index >= 15 is 0 Å². The summed E-state index contributed by atoms with van der Waals surface area (Å²) in [5.41, 5.74) is 4.72. The van der Waals surface area contributed by atoms with Crippen LogP contribution < -0.4 is 16.4 Å². The molecule has 0 radical (unpaired) electrons. The van der Waals surface area contributed by atoms with Gasteiger partial charge in [0.15, 0.2) is 0 Å². The normalized spacial score (nSPS) is 9.50. The van der Waals surface area contributed by atoms with Gasteiger partial charge in [-0.1, -0.05) is 6.92 Å². The predicted molar refractivity (Wildman–Crippen MR) is 51.7 cm³/mol. The van der Waals surface area contributed by atoms with Gasteiger partial charge in [-0.2, -0.15) is 0 Å². The van der Waals surface area contributed by atoms with Crippen LogP contribution in [0.3, 0.4) is 0 Å². The van der Waals surface area contributed by atoms with E-state index in [0.717, 1.165) is 6.54 Å². The van der Waals surface area contributed by atoms with Crippen LogP contribution in [-0.4, -0.2) is 38.2 Å². The van der Waals surface area contributed by atoms with Gasteiger partial charge in [-0.25, -0.2) is 4.79 Å². The molecule has 0 spiro atoms. The van der Waals surface area contributed by atoms with Gasteiger partial charge in [0, 0.05) is 13.0 Å². The van der Waals surface area contributed by atoms with E-state index in [0.29, 0.717) is 19.5 Å². The average Bonchev–Trinajstić information content (AvgIpc) is 2.13. The Hall–Kier alpha value is -1.30. The van der Waals surface area contributed by atoms with Crippen molar-refractivity contribution in [3.63, 3.8) is 0 Å². The number of primary amides is 1. The first-order valence-electron chi connectivity index (χ1n) is 4.56. The lowest BCUT2D eigenvalue weighted by Crippen LogP contribution is -2.31. The molecule has 0 aliphatic rings. The number of ether oxygens (including phenoxy) is 1. The van der Waals surface area contributed by atoms with Crippen LogP contribution >= 0.6 is 0 Å². The van der Waals surface area contributed by atoms with Crippen LogP contribution in [0.2, 0.25) is 0 Å². The van der Waals surface area contributed by atoms with Crippen LogP contribution in [0.25, 0.3) is 0 Å². The summed E-state index contributed by atoms with van der Waals surface area (Å²) in [6.45, 7) is 3.88. The van der Waals surface area contributed by atoms with Crippen molar-refractivity contribution in [1.29, 1.82) is 0 Å². The molecule has 0 fully saturated rings. The monoisotopic (exact) mass is 203 g/mol. The lowest BCUT2D eigenvalue weighted by Gasteiger charge is -2.05. The van der Waals surface area contributed by atoms with Crippen molar-refractivity contribution < 1.29 is 14.3 Å². The van der Waals surface area contributed by atoms with Gasteiger partial charge in [-0.3, -0.25) is 4.79 Å². The van der Waals surface area contributed by atoms with Gasteiger partial charge in [0.05, 0.1) is 6.54 Å². The molecule has 0 aliphatic heterocycles. The first kappa shape index (κ1) is 12.7. The van der Waals surface area contributed by atoms with E-state index in [1.165, 1.54) is 0 Å². The minimum Gasteiger partial charge on any atom is -0.448 e. The highest BCUT2D eigenvalue weighted by molar-refractivity contribution is 5.76. The number of carbonyl (C=O) groups excluding carboxylic acids is 2. The average molecular weight is 203 g/mol. The molecule has 0 aromatic carbocycles. The van der Waals surface area contributed by atoms with Crippen molar-refractivity contribution in [2.75, 3.05) is 26.2 Å². The molecule has 0 atom stereocenters. The first-order chi connectivity index (χ1) is 6.66. The molecule has 0 unspecified atom stereocenters. The Balaban J connectivity index is 3.22. The second kappa shape index (κ2) is 8.31. The van der Waals surface area contributed by atoms with Crippen molar-refractivity contribution in [2.45, 2.75) is 13.3 Å².